The minimum Gasteiger partial charge on any atom is -0.446 e. The molecule has 69 heavy (non-hydrogen) atoms. The van der Waals surface area contributed by atoms with Gasteiger partial charge in [0, 0.05) is 32.9 Å². The van der Waals surface area contributed by atoms with Gasteiger partial charge in [0.25, 0.3) is 0 Å². The van der Waals surface area contributed by atoms with Crippen molar-refractivity contribution in [2.75, 3.05) is 105 Å². The Morgan fingerprint density at radius 1 is 0.899 bits per heavy atom. The lowest BCUT2D eigenvalue weighted by Gasteiger charge is -2.42. The highest BCUT2D eigenvalue weighted by atomic mass is 35.5. The number of alkyl carbamates (subject to hydrolysis) is 1. The van der Waals surface area contributed by atoms with Crippen molar-refractivity contribution in [2.45, 2.75) is 120 Å². The number of halogens is 1. The Bertz CT molecular complexity index is 1940. The SMILES string of the molecule is CO[C@@H]1/C=C/C=C(\C)Cc2cc(C)c(Cl)c(c2)N(C)C(=O)CC(OC(C)[C@H](C)OCCOCCOCCOCCOCCOCCN2C(=O)CC(SC)C2=O)[C@]2(C)O[C@H]2[C@H](C)[C@@H]2C[C@@]1(O)NC(=O)O2. The maximum absolute atomic E-state index is 14.3. The van der Waals surface area contributed by atoms with E-state index in [4.69, 9.17) is 59.0 Å². The largest absolute Gasteiger partial charge is 0.446 e. The molecular formula is C49H74ClN3O15S. The molecule has 18 nitrogen and oxygen atoms in total. The summed E-state index contributed by atoms with van der Waals surface area (Å²) < 4.78 is 58.6. The summed E-state index contributed by atoms with van der Waals surface area (Å²) in [5.74, 6) is -0.934. The van der Waals surface area contributed by atoms with Gasteiger partial charge >= 0.3 is 6.09 Å². The summed E-state index contributed by atoms with van der Waals surface area (Å²) in [6.07, 6.45) is 3.52. The van der Waals surface area contributed by atoms with Crippen LogP contribution >= 0.6 is 23.4 Å². The molecule has 3 fully saturated rings. The van der Waals surface area contributed by atoms with Crippen LogP contribution in [0.3, 0.4) is 0 Å². The number of likely N-dealkylation sites (tertiary alicyclic amines) is 1. The molecule has 4 heterocycles. The molecule has 388 valence electrons. The van der Waals surface area contributed by atoms with Gasteiger partial charge in [0.2, 0.25) is 17.7 Å². The molecule has 0 aliphatic carbocycles. The Morgan fingerprint density at radius 3 is 2.10 bits per heavy atom. The van der Waals surface area contributed by atoms with Crippen LogP contribution in [-0.2, 0) is 68.2 Å². The van der Waals surface area contributed by atoms with Gasteiger partial charge in [-0.25, -0.2) is 4.79 Å². The number of methoxy groups -OCH3 is 1. The zero-order valence-corrected chi connectivity index (χ0v) is 43.2. The molecule has 4 amide bonds. The lowest BCUT2D eigenvalue weighted by atomic mass is 9.83. The average Bonchev–Trinajstić information content (AvgIpc) is 3.93. The number of anilines is 1. The summed E-state index contributed by atoms with van der Waals surface area (Å²) in [5.41, 5.74) is 0.647. The second-order valence-corrected chi connectivity index (χ2v) is 19.6. The van der Waals surface area contributed by atoms with Gasteiger partial charge in [-0.15, -0.1) is 0 Å². The quantitative estimate of drug-likeness (QED) is 0.0811. The van der Waals surface area contributed by atoms with Crippen molar-refractivity contribution in [3.05, 3.63) is 52.1 Å². The van der Waals surface area contributed by atoms with Crippen LogP contribution in [0.25, 0.3) is 0 Å². The third-order valence-electron chi connectivity index (χ3n) is 13.0. The van der Waals surface area contributed by atoms with Crippen molar-refractivity contribution in [1.29, 1.82) is 0 Å². The summed E-state index contributed by atoms with van der Waals surface area (Å²) in [4.78, 5) is 54.2. The molecule has 4 aliphatic heterocycles. The molecule has 0 spiro atoms. The number of aliphatic hydroxyl groups is 1. The fraction of sp³-hybridized carbons (Fsp3) is 0.714. The van der Waals surface area contributed by atoms with Gasteiger partial charge in [0.05, 0.1) is 126 Å². The molecule has 1 aromatic carbocycles. The highest BCUT2D eigenvalue weighted by molar-refractivity contribution is 8.00. The fourth-order valence-electron chi connectivity index (χ4n) is 8.67. The highest BCUT2D eigenvalue weighted by Crippen LogP contribution is 2.49. The van der Waals surface area contributed by atoms with Gasteiger partial charge in [-0.05, 0) is 64.5 Å². The number of allylic oxidation sites excluding steroid dienone is 3. The van der Waals surface area contributed by atoms with Gasteiger partial charge in [-0.1, -0.05) is 48.4 Å². The molecule has 20 heteroatoms. The number of fused-ring (bicyclic) bond motifs is 5. The lowest BCUT2D eigenvalue weighted by molar-refractivity contribution is -0.142. The minimum absolute atomic E-state index is 0.0225. The van der Waals surface area contributed by atoms with E-state index in [2.05, 4.69) is 5.32 Å². The molecule has 1 aromatic rings. The van der Waals surface area contributed by atoms with E-state index in [9.17, 15) is 24.3 Å². The predicted octanol–water partition coefficient (Wildman–Crippen LogP) is 4.81. The number of aryl methyl sites for hydroxylation is 1. The second kappa shape index (κ2) is 27.0. The Morgan fingerprint density at radius 2 is 1.51 bits per heavy atom. The Hall–Kier alpha value is -3.18. The van der Waals surface area contributed by atoms with Crippen molar-refractivity contribution < 1.29 is 71.7 Å². The number of thioether (sulfide) groups is 1. The topological polar surface area (TPSA) is 203 Å². The zero-order chi connectivity index (χ0) is 50.3. The minimum atomic E-state index is -1.77. The van der Waals surface area contributed by atoms with Gasteiger partial charge < -0.3 is 57.4 Å². The summed E-state index contributed by atoms with van der Waals surface area (Å²) in [7, 11) is 3.18. The van der Waals surface area contributed by atoms with E-state index in [1.807, 2.05) is 66.0 Å². The van der Waals surface area contributed by atoms with Crippen LogP contribution in [0.1, 0.15) is 65.0 Å². The molecule has 0 aromatic heterocycles. The number of carbonyl (C=O) groups is 4. The monoisotopic (exact) mass is 1010 g/mol. The summed E-state index contributed by atoms with van der Waals surface area (Å²) >= 11 is 8.24. The number of epoxide rings is 1. The maximum Gasteiger partial charge on any atom is 0.409 e. The van der Waals surface area contributed by atoms with Crippen molar-refractivity contribution in [2.24, 2.45) is 5.92 Å². The zero-order valence-electron chi connectivity index (χ0n) is 41.7. The predicted molar refractivity (Wildman–Crippen MR) is 260 cm³/mol. The van der Waals surface area contributed by atoms with Gasteiger partial charge in [-0.3, -0.25) is 24.6 Å². The second-order valence-electron chi connectivity index (χ2n) is 18.2. The summed E-state index contributed by atoms with van der Waals surface area (Å²) in [5, 5.41) is 14.6. The van der Waals surface area contributed by atoms with E-state index in [0.717, 1.165) is 16.7 Å². The highest BCUT2D eigenvalue weighted by Gasteiger charge is 2.64. The number of amides is 4. The number of rotatable bonds is 24. The first-order valence-corrected chi connectivity index (χ1v) is 25.4. The number of ether oxygens (including phenoxy) is 10. The molecule has 0 saturated carbocycles. The normalized spacial score (nSPS) is 29.8. The van der Waals surface area contributed by atoms with E-state index < -0.39 is 60.0 Å². The molecule has 4 bridgehead atoms. The molecule has 5 rings (SSSR count). The first kappa shape index (κ1) is 56.7. The summed E-state index contributed by atoms with van der Waals surface area (Å²) in [6, 6.07) is 3.92. The molecule has 2 N–H and O–H groups in total. The first-order valence-electron chi connectivity index (χ1n) is 23.8. The number of hydrogen-bond donors (Lipinski definition) is 2. The van der Waals surface area contributed by atoms with E-state index in [1.165, 1.54) is 23.8 Å². The third kappa shape index (κ3) is 15.9. The number of nitrogens with zero attached hydrogens (tertiary/aromatic N) is 2. The number of imide groups is 1. The smallest absolute Gasteiger partial charge is 0.409 e. The van der Waals surface area contributed by atoms with Gasteiger partial charge in [0.1, 0.15) is 17.8 Å². The third-order valence-corrected chi connectivity index (χ3v) is 14.5. The molecular weight excluding hydrogens is 938 g/mol. The van der Waals surface area contributed by atoms with Crippen molar-refractivity contribution in [3.8, 4) is 0 Å². The first-order chi connectivity index (χ1) is 32.9. The Kier molecular flexibility index (Phi) is 22.2. The Labute approximate surface area is 416 Å². The fourth-order valence-corrected chi connectivity index (χ4v) is 9.55. The molecule has 0 radical (unpaired) electrons. The van der Waals surface area contributed by atoms with Crippen LogP contribution in [0, 0.1) is 12.8 Å². The lowest BCUT2D eigenvalue weighted by Crippen LogP contribution is -2.63. The van der Waals surface area contributed by atoms with Crippen LogP contribution in [0.15, 0.2) is 35.9 Å². The molecule has 3 saturated heterocycles. The van der Waals surface area contributed by atoms with E-state index in [-0.39, 0.29) is 55.4 Å². The van der Waals surface area contributed by atoms with Crippen LogP contribution < -0.4 is 10.2 Å². The summed E-state index contributed by atoms with van der Waals surface area (Å²) in [6.45, 7) is 15.7. The van der Waals surface area contributed by atoms with Crippen LogP contribution in [0.2, 0.25) is 5.02 Å². The van der Waals surface area contributed by atoms with Crippen molar-refractivity contribution in [3.63, 3.8) is 0 Å². The maximum atomic E-state index is 14.3. The van der Waals surface area contributed by atoms with E-state index in [1.54, 1.807) is 24.1 Å². The van der Waals surface area contributed by atoms with Crippen LogP contribution in [-0.4, -0.2) is 187 Å². The van der Waals surface area contributed by atoms with Gasteiger partial charge in [0.15, 0.2) is 5.72 Å². The number of carbonyl (C=O) groups excluding carboxylic acids is 4. The van der Waals surface area contributed by atoms with E-state index in [0.29, 0.717) is 83.2 Å². The van der Waals surface area contributed by atoms with Crippen LogP contribution in [0.5, 0.6) is 0 Å². The Balaban J connectivity index is 1.05. The van der Waals surface area contributed by atoms with Gasteiger partial charge in [-0.2, -0.15) is 11.8 Å². The molecule has 4 aliphatic rings. The van der Waals surface area contributed by atoms with E-state index >= 15 is 0 Å². The number of benzene rings is 1. The number of nitrogens with one attached hydrogen (secondary N) is 1. The average molecular weight is 1010 g/mol. The van der Waals surface area contributed by atoms with Crippen LogP contribution in [0.4, 0.5) is 10.5 Å². The van der Waals surface area contributed by atoms with Crippen molar-refractivity contribution in [1.82, 2.24) is 10.2 Å². The number of hydrogen-bond acceptors (Lipinski definition) is 16. The standard InChI is InChI=1S/C49H74ClN3O15S/c1-31-11-10-12-40(59-8)49(58)30-38(67-47(57)51-49)33(3)45-48(6,68-45)41(29-42(54)52(7)37-27-36(25-31)26-32(2)44(37)50)66-35(5)34(4)65-24-23-64-22-21-63-20-19-62-18-17-61-16-15-60-14-13-53-43(55)28-39(69-9)46(53)56/h10-12,26-27,33-35,38-41,45,58H,13-25,28-30H2,1-9H3,(H,51,57)/b12-10+,31-11+/t33-,34+,35?,38+,39?,40-,41?,45+,48+,49+/m1/s1. The van der Waals surface area contributed by atoms with Crippen molar-refractivity contribution >= 4 is 52.9 Å². The molecule has 10 atom stereocenters. The molecule has 3 unspecified atom stereocenters.